The van der Waals surface area contributed by atoms with E-state index in [9.17, 15) is 0 Å². The van der Waals surface area contributed by atoms with Gasteiger partial charge in [0.05, 0.1) is 16.6 Å². The molecule has 0 amide bonds. The van der Waals surface area contributed by atoms with E-state index in [0.29, 0.717) is 0 Å². The molecule has 2 heterocycles. The molecular weight excluding hydrogens is 921 g/mol. The van der Waals surface area contributed by atoms with E-state index in [1.54, 1.807) is 0 Å². The zero-order valence-electron chi connectivity index (χ0n) is 42.2. The molecule has 358 valence electrons. The fourth-order valence-corrected chi connectivity index (χ4v) is 10.8. The summed E-state index contributed by atoms with van der Waals surface area (Å²) in [6.07, 6.45) is 6.75. The van der Waals surface area contributed by atoms with Crippen molar-refractivity contribution in [1.82, 2.24) is 9.13 Å². The van der Waals surface area contributed by atoms with Crippen molar-refractivity contribution in [3.63, 3.8) is 0 Å². The molecule has 0 N–H and O–H groups in total. The highest BCUT2D eigenvalue weighted by Crippen LogP contribution is 2.43. The number of thiol groups is 2. The van der Waals surface area contributed by atoms with Gasteiger partial charge in [-0.25, -0.2) is 0 Å². The van der Waals surface area contributed by atoms with Gasteiger partial charge in [0.2, 0.25) is 0 Å². The average Bonchev–Trinajstić information content (AvgIpc) is 3.98. The molecule has 0 aliphatic heterocycles. The molecule has 0 atom stereocenters. The summed E-state index contributed by atoms with van der Waals surface area (Å²) in [5.41, 5.74) is 22.6. The fraction of sp³-hybridized carbons (Fsp3) is 0.101. The van der Waals surface area contributed by atoms with Gasteiger partial charge in [-0.2, -0.15) is 0 Å². The number of fused-ring (bicyclic) bond motifs is 7. The minimum absolute atomic E-state index is 1.06. The van der Waals surface area contributed by atoms with Crippen LogP contribution in [0, 0.1) is 20.8 Å². The van der Waals surface area contributed by atoms with Gasteiger partial charge in [-0.05, 0) is 172 Å². The summed E-state index contributed by atoms with van der Waals surface area (Å²) in [5.74, 6) is 0. The van der Waals surface area contributed by atoms with Crippen LogP contribution in [0.2, 0.25) is 0 Å². The highest BCUT2D eigenvalue weighted by Gasteiger charge is 2.21. The van der Waals surface area contributed by atoms with E-state index in [4.69, 9.17) is 0 Å². The smallest absolute Gasteiger partial charge is 0.0541 e. The minimum Gasteiger partial charge on any atom is -0.310 e. The van der Waals surface area contributed by atoms with Crippen molar-refractivity contribution in [1.29, 1.82) is 0 Å². The monoisotopic (exact) mass is 980 g/mol. The van der Waals surface area contributed by atoms with Crippen LogP contribution in [-0.2, 0) is 6.42 Å². The second kappa shape index (κ2) is 21.9. The normalized spacial score (nSPS) is 11.6. The molecular formula is C69H60N2S2. The summed E-state index contributed by atoms with van der Waals surface area (Å²) in [6.45, 7) is 10.6. The Labute approximate surface area is 441 Å². The summed E-state index contributed by atoms with van der Waals surface area (Å²) in [7, 11) is 0. The van der Waals surface area contributed by atoms with Crippen LogP contribution in [0.15, 0.2) is 231 Å². The number of hydrogen-bond acceptors (Lipinski definition) is 2. The SMILES string of the molecule is CC.Cc1ccc2ccccc2c1-c1cc(-c2ccc(-c3ccc4c(c3)c3c(n4-c4ccccc4)C=CCC3)cc2)cc(-c2ccc(-n3c4ccccc4c4ccccc43)cc2)c1C.Cc1ccccc1.SS. The van der Waals surface area contributed by atoms with Gasteiger partial charge in [-0.3, -0.25) is 0 Å². The minimum atomic E-state index is 1.06. The van der Waals surface area contributed by atoms with Gasteiger partial charge in [0, 0.05) is 33.2 Å². The second-order valence-corrected chi connectivity index (χ2v) is 18.5. The molecule has 2 nitrogen and oxygen atoms in total. The van der Waals surface area contributed by atoms with E-state index < -0.39 is 0 Å². The summed E-state index contributed by atoms with van der Waals surface area (Å²) < 4.78 is 4.82. The number of aryl methyl sites for hydroxylation is 3. The highest BCUT2D eigenvalue weighted by molar-refractivity contribution is 8.59. The molecule has 0 fully saturated rings. The molecule has 1 aliphatic carbocycles. The van der Waals surface area contributed by atoms with Crippen LogP contribution in [0.4, 0.5) is 0 Å². The van der Waals surface area contributed by atoms with Crippen LogP contribution in [0.1, 0.15) is 48.2 Å². The van der Waals surface area contributed by atoms with Crippen molar-refractivity contribution in [2.75, 3.05) is 0 Å². The number of para-hydroxylation sites is 3. The Morgan fingerprint density at radius 3 is 1.56 bits per heavy atom. The molecule has 0 spiro atoms. The lowest BCUT2D eigenvalue weighted by atomic mass is 9.85. The first kappa shape index (κ1) is 48.8. The van der Waals surface area contributed by atoms with Crippen LogP contribution < -0.4 is 0 Å². The van der Waals surface area contributed by atoms with Gasteiger partial charge in [0.15, 0.2) is 0 Å². The van der Waals surface area contributed by atoms with Gasteiger partial charge in [0.25, 0.3) is 0 Å². The van der Waals surface area contributed by atoms with E-state index in [-0.39, 0.29) is 0 Å². The Hall–Kier alpha value is -7.76. The van der Waals surface area contributed by atoms with Crippen molar-refractivity contribution in [3.8, 4) is 55.9 Å². The zero-order chi connectivity index (χ0) is 50.4. The molecule has 13 rings (SSSR count). The second-order valence-electron chi connectivity index (χ2n) is 18.5. The predicted molar refractivity (Wildman–Crippen MR) is 324 cm³/mol. The van der Waals surface area contributed by atoms with Gasteiger partial charge >= 0.3 is 0 Å². The van der Waals surface area contributed by atoms with Gasteiger partial charge in [0.1, 0.15) is 0 Å². The molecule has 10 aromatic carbocycles. The number of hydrogen-bond donors (Lipinski definition) is 2. The lowest BCUT2D eigenvalue weighted by Crippen LogP contribution is -1.99. The molecule has 2 aromatic heterocycles. The molecule has 12 aromatic rings. The third-order valence-corrected chi connectivity index (χ3v) is 14.3. The Bertz CT molecular complexity index is 3840. The van der Waals surface area contributed by atoms with E-state index >= 15 is 0 Å². The van der Waals surface area contributed by atoms with Crippen molar-refractivity contribution in [2.24, 2.45) is 0 Å². The Morgan fingerprint density at radius 2 is 0.918 bits per heavy atom. The van der Waals surface area contributed by atoms with E-state index in [2.05, 4.69) is 272 Å². The molecule has 0 unspecified atom stereocenters. The van der Waals surface area contributed by atoms with Crippen LogP contribution in [-0.4, -0.2) is 9.13 Å². The average molecular weight is 981 g/mol. The Morgan fingerprint density at radius 1 is 0.397 bits per heavy atom. The molecule has 0 saturated heterocycles. The van der Waals surface area contributed by atoms with Crippen molar-refractivity contribution in [2.45, 2.75) is 47.5 Å². The van der Waals surface area contributed by atoms with Crippen molar-refractivity contribution >= 4 is 72.9 Å². The quantitative estimate of drug-likeness (QED) is 0.121. The number of benzene rings is 10. The molecule has 4 heteroatoms. The molecule has 0 radical (unpaired) electrons. The maximum atomic E-state index is 3.22. The molecule has 0 bridgehead atoms. The van der Waals surface area contributed by atoms with Crippen LogP contribution >= 0.6 is 23.3 Å². The fourth-order valence-electron chi connectivity index (χ4n) is 10.8. The largest absolute Gasteiger partial charge is 0.310 e. The van der Waals surface area contributed by atoms with Crippen molar-refractivity contribution in [3.05, 3.63) is 258 Å². The number of nitrogens with zero attached hydrogens (tertiary/aromatic N) is 2. The maximum Gasteiger partial charge on any atom is 0.0541 e. The summed E-state index contributed by atoms with van der Waals surface area (Å²) in [4.78, 5) is 0. The maximum absolute atomic E-state index is 3.22. The Balaban J connectivity index is 0.000000505. The summed E-state index contributed by atoms with van der Waals surface area (Å²) in [6, 6.07) is 82.1. The summed E-state index contributed by atoms with van der Waals surface area (Å²) in [5, 5.41) is 6.43. The molecule has 73 heavy (non-hydrogen) atoms. The third-order valence-electron chi connectivity index (χ3n) is 14.3. The standard InChI is InChI=1S/C60H44N2.C7H8.C2H6.H2S2/c1-39-24-25-43-14-6-7-17-49(43)60(39)54-38-46(37-53(40(54)2)44-30-33-48(34-31-44)62-56-21-11-8-18-50(56)51-19-9-12-22-57(51)62)42-28-26-41(27-29-42)45-32-35-59-55(36-45)52-20-10-13-23-58(52)61(59)47-15-4-3-5-16-47;1-7-5-3-2-4-6-7;2*1-2/h3-9,11-19,21-38H,10,20H2,1-2H3;2-6H,1H3;1-2H3;1-2H. The number of rotatable bonds is 6. The van der Waals surface area contributed by atoms with E-state index in [0.717, 1.165) is 18.5 Å². The van der Waals surface area contributed by atoms with E-state index in [1.807, 2.05) is 32.0 Å². The number of allylic oxidation sites excluding steroid dienone is 1. The predicted octanol–water partition coefficient (Wildman–Crippen LogP) is 19.9. The van der Waals surface area contributed by atoms with Crippen LogP contribution in [0.3, 0.4) is 0 Å². The van der Waals surface area contributed by atoms with Crippen LogP contribution in [0.5, 0.6) is 0 Å². The van der Waals surface area contributed by atoms with Gasteiger partial charge < -0.3 is 9.13 Å². The first-order valence-electron chi connectivity index (χ1n) is 25.4. The lowest BCUT2D eigenvalue weighted by Gasteiger charge is -2.19. The van der Waals surface area contributed by atoms with E-state index in [1.165, 1.54) is 122 Å². The topological polar surface area (TPSA) is 9.86 Å². The lowest BCUT2D eigenvalue weighted by molar-refractivity contribution is 0.967. The van der Waals surface area contributed by atoms with Crippen molar-refractivity contribution < 1.29 is 0 Å². The third kappa shape index (κ3) is 9.45. The van der Waals surface area contributed by atoms with Gasteiger partial charge in [-0.15, -0.1) is 23.3 Å². The zero-order valence-corrected chi connectivity index (χ0v) is 44.0. The summed E-state index contributed by atoms with van der Waals surface area (Å²) >= 11 is 6.44. The first-order valence-corrected chi connectivity index (χ1v) is 27.0. The van der Waals surface area contributed by atoms with Crippen LogP contribution in [0.25, 0.3) is 105 Å². The van der Waals surface area contributed by atoms with Gasteiger partial charge in [-0.1, -0.05) is 189 Å². The molecule has 1 aliphatic rings. The number of aromatic nitrogens is 2. The molecule has 0 saturated carbocycles. The first-order chi connectivity index (χ1) is 36.0. The Kier molecular flexibility index (Phi) is 14.7. The highest BCUT2D eigenvalue weighted by atomic mass is 33.1.